The van der Waals surface area contributed by atoms with Gasteiger partial charge in [0.2, 0.25) is 0 Å². The average Bonchev–Trinajstić information content (AvgIpc) is 2.42. The van der Waals surface area contributed by atoms with Crippen LogP contribution in [-0.2, 0) is 0 Å². The van der Waals surface area contributed by atoms with Crippen molar-refractivity contribution >= 4 is 21.8 Å². The van der Waals surface area contributed by atoms with Gasteiger partial charge in [-0.1, -0.05) is 35.0 Å². The van der Waals surface area contributed by atoms with Gasteiger partial charge in [0.1, 0.15) is 5.75 Å². The molecule has 0 aromatic heterocycles. The van der Waals surface area contributed by atoms with Crippen molar-refractivity contribution in [3.05, 3.63) is 29.8 Å². The number of hydrogen-bond acceptors (Lipinski definition) is 2. The molecule has 4 heteroatoms. The number of hydrogen-bond donors (Lipinski definition) is 2. The van der Waals surface area contributed by atoms with Crippen LogP contribution in [0.25, 0.3) is 0 Å². The van der Waals surface area contributed by atoms with E-state index in [-0.39, 0.29) is 17.2 Å². The fraction of sp³-hybridized carbons (Fsp3) is 0.533. The van der Waals surface area contributed by atoms with Gasteiger partial charge in [0.25, 0.3) is 5.91 Å². The van der Waals surface area contributed by atoms with Gasteiger partial charge in [-0.3, -0.25) is 4.79 Å². The highest BCUT2D eigenvalue weighted by Crippen LogP contribution is 2.33. The summed E-state index contributed by atoms with van der Waals surface area (Å²) in [5.74, 6) is 0.579. The van der Waals surface area contributed by atoms with Crippen molar-refractivity contribution in [1.82, 2.24) is 5.32 Å². The van der Waals surface area contributed by atoms with Gasteiger partial charge >= 0.3 is 0 Å². The zero-order chi connectivity index (χ0) is 13.9. The summed E-state index contributed by atoms with van der Waals surface area (Å²) in [6.45, 7) is 2.25. The second-order valence-corrected chi connectivity index (χ2v) is 6.13. The van der Waals surface area contributed by atoms with Crippen molar-refractivity contribution in [1.29, 1.82) is 0 Å². The monoisotopic (exact) mass is 325 g/mol. The average molecular weight is 326 g/mol. The van der Waals surface area contributed by atoms with Crippen molar-refractivity contribution in [2.45, 2.75) is 38.1 Å². The first-order valence-electron chi connectivity index (χ1n) is 6.73. The van der Waals surface area contributed by atoms with Crippen molar-refractivity contribution in [2.75, 3.05) is 5.33 Å². The lowest BCUT2D eigenvalue weighted by molar-refractivity contribution is 0.0871. The molecule has 2 N–H and O–H groups in total. The van der Waals surface area contributed by atoms with Gasteiger partial charge in [-0.25, -0.2) is 0 Å². The van der Waals surface area contributed by atoms with E-state index in [9.17, 15) is 9.90 Å². The molecule has 1 aromatic carbocycles. The summed E-state index contributed by atoms with van der Waals surface area (Å²) in [4.78, 5) is 12.3. The molecule has 3 nitrogen and oxygen atoms in total. The van der Waals surface area contributed by atoms with Gasteiger partial charge < -0.3 is 10.4 Å². The Morgan fingerprint density at radius 2 is 2.05 bits per heavy atom. The first-order valence-corrected chi connectivity index (χ1v) is 7.85. The number of halogens is 1. The number of phenols is 1. The number of amides is 1. The smallest absolute Gasteiger partial charge is 0.255 e. The van der Waals surface area contributed by atoms with Gasteiger partial charge in [-0.2, -0.15) is 0 Å². The van der Waals surface area contributed by atoms with E-state index in [1.54, 1.807) is 24.3 Å². The molecule has 0 bridgehead atoms. The van der Waals surface area contributed by atoms with Crippen LogP contribution in [0.5, 0.6) is 5.75 Å². The largest absolute Gasteiger partial charge is 0.507 e. The molecule has 1 saturated carbocycles. The van der Waals surface area contributed by atoms with Crippen molar-refractivity contribution in [2.24, 2.45) is 5.92 Å². The third-order valence-corrected chi connectivity index (χ3v) is 5.09. The molecule has 0 heterocycles. The van der Waals surface area contributed by atoms with Crippen LogP contribution in [0.1, 0.15) is 43.0 Å². The Morgan fingerprint density at radius 3 is 2.63 bits per heavy atom. The van der Waals surface area contributed by atoms with E-state index < -0.39 is 0 Å². The standard InChI is InChI=1S/C15H20BrNO2/c1-11-6-8-15(10-16,9-7-11)17-14(19)12-4-2-3-5-13(12)18/h2-5,11,18H,6-10H2,1H3,(H,17,19). The highest BCUT2D eigenvalue weighted by molar-refractivity contribution is 9.09. The van der Waals surface area contributed by atoms with E-state index in [0.717, 1.165) is 36.9 Å². The van der Waals surface area contributed by atoms with Gasteiger partial charge in [0, 0.05) is 5.33 Å². The lowest BCUT2D eigenvalue weighted by Crippen LogP contribution is -2.52. The molecule has 0 radical (unpaired) electrons. The van der Waals surface area contributed by atoms with Gasteiger partial charge in [-0.05, 0) is 43.7 Å². The van der Waals surface area contributed by atoms with E-state index in [2.05, 4.69) is 28.2 Å². The third kappa shape index (κ3) is 3.30. The second-order valence-electron chi connectivity index (χ2n) is 5.57. The maximum Gasteiger partial charge on any atom is 0.255 e. The molecular formula is C15H20BrNO2. The minimum Gasteiger partial charge on any atom is -0.507 e. The Kier molecular flexibility index (Phi) is 4.50. The van der Waals surface area contributed by atoms with Crippen LogP contribution in [0, 0.1) is 5.92 Å². The lowest BCUT2D eigenvalue weighted by Gasteiger charge is -2.39. The Bertz CT molecular complexity index is 453. The van der Waals surface area contributed by atoms with Gasteiger partial charge in [0.15, 0.2) is 0 Å². The maximum atomic E-state index is 12.3. The highest BCUT2D eigenvalue weighted by atomic mass is 79.9. The zero-order valence-electron chi connectivity index (χ0n) is 11.2. The first-order chi connectivity index (χ1) is 9.06. The number of benzene rings is 1. The van der Waals surface area contributed by atoms with E-state index in [4.69, 9.17) is 0 Å². The molecule has 0 atom stereocenters. The van der Waals surface area contributed by atoms with Crippen LogP contribution in [0.3, 0.4) is 0 Å². The maximum absolute atomic E-state index is 12.3. The Labute approximate surface area is 122 Å². The number of carbonyl (C=O) groups excluding carboxylic acids is 1. The van der Waals surface area contributed by atoms with Crippen molar-refractivity contribution < 1.29 is 9.90 Å². The number of alkyl halides is 1. The zero-order valence-corrected chi connectivity index (χ0v) is 12.7. The number of carbonyl (C=O) groups is 1. The topological polar surface area (TPSA) is 49.3 Å². The SMILES string of the molecule is CC1CCC(CBr)(NC(=O)c2ccccc2O)CC1. The summed E-state index contributed by atoms with van der Waals surface area (Å²) in [5, 5.41) is 13.6. The van der Waals surface area contributed by atoms with Crippen LogP contribution >= 0.6 is 15.9 Å². The summed E-state index contributed by atoms with van der Waals surface area (Å²) < 4.78 is 0. The number of nitrogens with one attached hydrogen (secondary N) is 1. The fourth-order valence-corrected chi connectivity index (χ4v) is 3.28. The van der Waals surface area contributed by atoms with Crippen LogP contribution in [0.4, 0.5) is 0 Å². The van der Waals surface area contributed by atoms with Crippen LogP contribution in [0.15, 0.2) is 24.3 Å². The quantitative estimate of drug-likeness (QED) is 0.836. The van der Waals surface area contributed by atoms with Crippen molar-refractivity contribution in [3.63, 3.8) is 0 Å². The van der Waals surface area contributed by atoms with E-state index in [1.165, 1.54) is 0 Å². The minimum absolute atomic E-state index is 0.0360. The number of rotatable bonds is 3. The number of para-hydroxylation sites is 1. The summed E-state index contributed by atoms with van der Waals surface area (Å²) in [6.07, 6.45) is 4.23. The fourth-order valence-electron chi connectivity index (χ4n) is 2.58. The Balaban J connectivity index is 2.11. The van der Waals surface area contributed by atoms with Crippen LogP contribution in [-0.4, -0.2) is 21.9 Å². The molecule has 1 fully saturated rings. The molecule has 1 aromatic rings. The second kappa shape index (κ2) is 5.95. The van der Waals surface area contributed by atoms with Crippen LogP contribution < -0.4 is 5.32 Å². The molecule has 1 aliphatic carbocycles. The lowest BCUT2D eigenvalue weighted by atomic mass is 9.78. The Hall–Kier alpha value is -1.03. The van der Waals surface area contributed by atoms with E-state index >= 15 is 0 Å². The summed E-state index contributed by atoms with van der Waals surface area (Å²) in [5.41, 5.74) is 0.174. The summed E-state index contributed by atoms with van der Waals surface area (Å²) in [6, 6.07) is 6.67. The predicted octanol–water partition coefficient (Wildman–Crippen LogP) is 3.47. The molecule has 1 amide bonds. The van der Waals surface area contributed by atoms with Gasteiger partial charge in [-0.15, -0.1) is 0 Å². The van der Waals surface area contributed by atoms with Crippen LogP contribution in [0.2, 0.25) is 0 Å². The van der Waals surface area contributed by atoms with Crippen molar-refractivity contribution in [3.8, 4) is 5.75 Å². The minimum atomic E-state index is -0.188. The predicted molar refractivity (Wildman–Crippen MR) is 79.7 cm³/mol. The molecule has 2 rings (SSSR count). The molecule has 0 spiro atoms. The molecule has 0 unspecified atom stereocenters. The molecule has 0 aliphatic heterocycles. The molecular weight excluding hydrogens is 306 g/mol. The highest BCUT2D eigenvalue weighted by Gasteiger charge is 2.35. The normalized spacial score (nSPS) is 26.9. The third-order valence-electron chi connectivity index (χ3n) is 4.01. The first kappa shape index (κ1) is 14.4. The van der Waals surface area contributed by atoms with E-state index in [1.807, 2.05) is 0 Å². The van der Waals surface area contributed by atoms with E-state index in [0.29, 0.717) is 5.56 Å². The Morgan fingerprint density at radius 1 is 1.42 bits per heavy atom. The molecule has 1 aliphatic rings. The number of phenolic OH excluding ortho intramolecular Hbond substituents is 1. The molecule has 19 heavy (non-hydrogen) atoms. The van der Waals surface area contributed by atoms with Gasteiger partial charge in [0.05, 0.1) is 11.1 Å². The molecule has 104 valence electrons. The molecule has 0 saturated heterocycles. The summed E-state index contributed by atoms with van der Waals surface area (Å²) in [7, 11) is 0. The number of aromatic hydroxyl groups is 1. The summed E-state index contributed by atoms with van der Waals surface area (Å²) >= 11 is 3.53.